The van der Waals surface area contributed by atoms with Crippen LogP contribution in [0.3, 0.4) is 0 Å². The quantitative estimate of drug-likeness (QED) is 0.0749. The van der Waals surface area contributed by atoms with Crippen molar-refractivity contribution in [2.24, 2.45) is 11.8 Å². The lowest BCUT2D eigenvalue weighted by molar-refractivity contribution is -0.890. The Morgan fingerprint density at radius 3 is 1.09 bits per heavy atom. The molecule has 0 atom stereocenters. The van der Waals surface area contributed by atoms with Gasteiger partial charge in [0.25, 0.3) is 0 Å². The average Bonchev–Trinajstić information content (AvgIpc) is 3.07. The van der Waals surface area contributed by atoms with Gasteiger partial charge in [0.15, 0.2) is 0 Å². The molecule has 0 rings (SSSR count). The fourth-order valence-corrected chi connectivity index (χ4v) is 7.06. The van der Waals surface area contributed by atoms with Crippen molar-refractivity contribution >= 4 is 11.8 Å². The molecule has 8 nitrogen and oxygen atoms in total. The van der Waals surface area contributed by atoms with Crippen LogP contribution in [0.2, 0.25) is 0 Å². The highest BCUT2D eigenvalue weighted by Gasteiger charge is 2.17. The molecule has 0 unspecified atom stereocenters. The lowest BCUT2D eigenvalue weighted by Gasteiger charge is -2.31. The Labute approximate surface area is 350 Å². The molecule has 0 saturated carbocycles. The van der Waals surface area contributed by atoms with Gasteiger partial charge in [0.1, 0.15) is 0 Å². The Morgan fingerprint density at radius 1 is 0.444 bits per heavy atom. The summed E-state index contributed by atoms with van der Waals surface area (Å²) in [6.45, 7) is 19.9. The molecule has 10 heteroatoms. The molecular formula is C44H94Cl2N6O2. The Bertz CT molecular complexity index is 791. The first-order valence-electron chi connectivity index (χ1n) is 22.2. The number of nitrogens with zero attached hydrogens (tertiary/aromatic N) is 4. The van der Waals surface area contributed by atoms with Crippen molar-refractivity contribution in [3.05, 3.63) is 0 Å². The van der Waals surface area contributed by atoms with E-state index in [0.29, 0.717) is 24.7 Å². The van der Waals surface area contributed by atoms with Gasteiger partial charge in [-0.2, -0.15) is 0 Å². The Morgan fingerprint density at radius 2 is 0.741 bits per heavy atom. The number of quaternary nitrogens is 2. The lowest BCUT2D eigenvalue weighted by atomic mass is 10.0. The molecular weight excluding hydrogens is 715 g/mol. The topological polar surface area (TPSA) is 64.7 Å². The van der Waals surface area contributed by atoms with Crippen LogP contribution in [0.5, 0.6) is 0 Å². The Balaban J connectivity index is -0.0000130. The van der Waals surface area contributed by atoms with Gasteiger partial charge in [-0.15, -0.1) is 0 Å². The molecule has 0 heterocycles. The van der Waals surface area contributed by atoms with Crippen molar-refractivity contribution in [3.63, 3.8) is 0 Å². The smallest absolute Gasteiger partial charge is 0.222 e. The van der Waals surface area contributed by atoms with E-state index in [1.54, 1.807) is 0 Å². The van der Waals surface area contributed by atoms with E-state index in [2.05, 4.69) is 66.5 Å². The largest absolute Gasteiger partial charge is 1.00 e. The molecule has 0 aliphatic carbocycles. The van der Waals surface area contributed by atoms with Crippen LogP contribution < -0.4 is 35.4 Å². The second-order valence-electron chi connectivity index (χ2n) is 18.4. The van der Waals surface area contributed by atoms with Gasteiger partial charge in [0, 0.05) is 78.8 Å². The van der Waals surface area contributed by atoms with Crippen LogP contribution in [0.15, 0.2) is 0 Å². The summed E-state index contributed by atoms with van der Waals surface area (Å²) in [5.41, 5.74) is 0. The molecule has 0 aromatic carbocycles. The first kappa shape index (κ1) is 57.7. The van der Waals surface area contributed by atoms with Gasteiger partial charge >= 0.3 is 0 Å². The predicted octanol–water partition coefficient (Wildman–Crippen LogP) is 2.36. The molecule has 0 fully saturated rings. The van der Waals surface area contributed by atoms with Gasteiger partial charge in [-0.1, -0.05) is 91.9 Å². The summed E-state index contributed by atoms with van der Waals surface area (Å²) in [5, 5.41) is 7.30. The third kappa shape index (κ3) is 38.2. The number of carbonyl (C=O) groups excluding carboxylic acids is 2. The van der Waals surface area contributed by atoms with E-state index in [1.165, 1.54) is 103 Å². The number of halogens is 2. The lowest BCUT2D eigenvalue weighted by Crippen LogP contribution is -3.00. The molecule has 0 radical (unpaired) electrons. The first-order valence-corrected chi connectivity index (χ1v) is 22.2. The van der Waals surface area contributed by atoms with Crippen molar-refractivity contribution in [1.82, 2.24) is 20.4 Å². The maximum absolute atomic E-state index is 12.5. The molecule has 2 amide bonds. The maximum Gasteiger partial charge on any atom is 0.222 e. The van der Waals surface area contributed by atoms with Crippen LogP contribution in [0.4, 0.5) is 0 Å². The summed E-state index contributed by atoms with van der Waals surface area (Å²) >= 11 is 0. The van der Waals surface area contributed by atoms with Crippen molar-refractivity contribution in [3.8, 4) is 0 Å². The van der Waals surface area contributed by atoms with Crippen LogP contribution in [0.1, 0.15) is 156 Å². The number of nitrogens with one attached hydrogen (secondary N) is 2. The van der Waals surface area contributed by atoms with Crippen molar-refractivity contribution in [1.29, 1.82) is 0 Å². The molecule has 0 aromatic rings. The van der Waals surface area contributed by atoms with Gasteiger partial charge in [-0.05, 0) is 50.6 Å². The highest BCUT2D eigenvalue weighted by atomic mass is 35.5. The number of amides is 2. The number of hydrogen-bond donors (Lipinski definition) is 2. The second kappa shape index (κ2) is 36.7. The van der Waals surface area contributed by atoms with Crippen LogP contribution in [0.25, 0.3) is 0 Å². The Hall–Kier alpha value is -0.640. The van der Waals surface area contributed by atoms with E-state index in [0.717, 1.165) is 98.8 Å². The first-order chi connectivity index (χ1) is 24.6. The third-order valence-corrected chi connectivity index (χ3v) is 10.9. The van der Waals surface area contributed by atoms with E-state index in [1.807, 2.05) is 23.9 Å². The van der Waals surface area contributed by atoms with Crippen molar-refractivity contribution in [2.45, 2.75) is 156 Å². The summed E-state index contributed by atoms with van der Waals surface area (Å²) in [6, 6.07) is 0. The van der Waals surface area contributed by atoms with Crippen LogP contribution in [-0.4, -0.2) is 138 Å². The minimum atomic E-state index is 0. The predicted molar refractivity (Wildman–Crippen MR) is 227 cm³/mol. The zero-order valence-corrected chi connectivity index (χ0v) is 39.2. The molecule has 0 aliphatic rings. The normalized spacial score (nSPS) is 11.9. The van der Waals surface area contributed by atoms with Crippen LogP contribution in [-0.2, 0) is 9.59 Å². The van der Waals surface area contributed by atoms with E-state index in [4.69, 9.17) is 0 Å². The molecule has 326 valence electrons. The average molecular weight is 810 g/mol. The molecule has 0 spiro atoms. The van der Waals surface area contributed by atoms with Gasteiger partial charge in [0.2, 0.25) is 11.8 Å². The van der Waals surface area contributed by atoms with Crippen LogP contribution in [0, 0.1) is 11.8 Å². The van der Waals surface area contributed by atoms with Crippen LogP contribution >= 0.6 is 0 Å². The van der Waals surface area contributed by atoms with E-state index in [9.17, 15) is 9.59 Å². The minimum absolute atomic E-state index is 0. The molecule has 0 bridgehead atoms. The van der Waals surface area contributed by atoms with Crippen molar-refractivity contribution in [2.75, 3.05) is 108 Å². The molecule has 0 saturated heterocycles. The summed E-state index contributed by atoms with van der Waals surface area (Å²) in [4.78, 5) is 28.9. The SMILES string of the molecule is CC(C)CCCCCCCC(=O)N(C)CCC[N+](C)(C)CCCNCCCCNCCC[N+](C)(C)CCCN(C)C(=O)CCCCCCCC(C)C.[Cl-].[Cl-]. The van der Waals surface area contributed by atoms with E-state index >= 15 is 0 Å². The fourth-order valence-electron chi connectivity index (χ4n) is 7.06. The standard InChI is InChI=1S/C44H94N6O2.2ClH/c1-41(2)27-17-13-11-15-19-29-43(51)47(5)35-25-39-49(7,8)37-23-33-45-31-21-22-32-46-34-24-38-50(9,10)40-26-36-48(6)44(52)30-20-16-12-14-18-28-42(3)4;;/h41-42,45-46H,11-40H2,1-10H3;2*1H/q+2;;/p-2. The summed E-state index contributed by atoms with van der Waals surface area (Å²) < 4.78 is 2.05. The van der Waals surface area contributed by atoms with E-state index < -0.39 is 0 Å². The highest BCUT2D eigenvalue weighted by molar-refractivity contribution is 5.76. The molecule has 0 aliphatic heterocycles. The maximum atomic E-state index is 12.5. The van der Waals surface area contributed by atoms with Gasteiger partial charge in [-0.3, -0.25) is 9.59 Å². The minimum Gasteiger partial charge on any atom is -1.00 e. The fraction of sp³-hybridized carbons (Fsp3) is 0.955. The highest BCUT2D eigenvalue weighted by Crippen LogP contribution is 2.13. The monoisotopic (exact) mass is 809 g/mol. The van der Waals surface area contributed by atoms with Gasteiger partial charge in [0.05, 0.1) is 54.4 Å². The summed E-state index contributed by atoms with van der Waals surface area (Å²) in [5.74, 6) is 2.25. The summed E-state index contributed by atoms with van der Waals surface area (Å²) in [6.07, 6.45) is 23.3. The number of carbonyl (C=O) groups is 2. The van der Waals surface area contributed by atoms with Crippen molar-refractivity contribution < 1.29 is 43.4 Å². The Kier molecular flexibility index (Phi) is 39.2. The second-order valence-corrected chi connectivity index (χ2v) is 18.4. The molecule has 54 heavy (non-hydrogen) atoms. The van der Waals surface area contributed by atoms with E-state index in [-0.39, 0.29) is 24.8 Å². The van der Waals surface area contributed by atoms with Gasteiger partial charge < -0.3 is 54.2 Å². The van der Waals surface area contributed by atoms with Gasteiger partial charge in [-0.25, -0.2) is 0 Å². The number of rotatable bonds is 37. The zero-order valence-electron chi connectivity index (χ0n) is 37.7. The summed E-state index contributed by atoms with van der Waals surface area (Å²) in [7, 11) is 13.3. The number of hydrogen-bond acceptors (Lipinski definition) is 4. The zero-order chi connectivity index (χ0) is 39.1. The number of unbranched alkanes of at least 4 members (excludes halogenated alkanes) is 9. The molecule has 0 aromatic heterocycles. The third-order valence-electron chi connectivity index (χ3n) is 10.9. The molecule has 2 N–H and O–H groups in total.